The summed E-state index contributed by atoms with van der Waals surface area (Å²) in [5, 5.41) is 16.7. The van der Waals surface area contributed by atoms with Crippen LogP contribution in [-0.4, -0.2) is 63.4 Å². The summed E-state index contributed by atoms with van der Waals surface area (Å²) in [5.74, 6) is 5.33. The Morgan fingerprint density at radius 2 is 1.03 bits per heavy atom. The van der Waals surface area contributed by atoms with Crippen LogP contribution in [0.25, 0.3) is 64.6 Å². The molecule has 13 nitrogen and oxygen atoms in total. The molecule has 0 radical (unpaired) electrons. The number of pyridine rings is 2. The van der Waals surface area contributed by atoms with Crippen molar-refractivity contribution in [2.75, 3.05) is 17.2 Å². The van der Waals surface area contributed by atoms with Crippen LogP contribution in [0.1, 0.15) is 26.7 Å². The number of aliphatic hydroxyl groups excluding tert-OH is 1. The molecule has 2 amide bonds. The molecule has 0 saturated heterocycles. The van der Waals surface area contributed by atoms with E-state index in [2.05, 4.69) is 62.3 Å². The second-order valence-corrected chi connectivity index (χ2v) is 16.1. The molecule has 0 aliphatic rings. The molecule has 0 fully saturated rings. The average molecular weight is 907 g/mol. The van der Waals surface area contributed by atoms with Gasteiger partial charge in [-0.15, -0.1) is 0 Å². The van der Waals surface area contributed by atoms with E-state index in [1.165, 1.54) is 34.8 Å². The SMILES string of the molecule is O=C(Nc1ccccc1-c1nc2cccnc2s1)c1cc(C#CCO)nc(-c2ccccc2)n1.O=C(Nc1ccccc1-c1nc2cccnc2s1)c1cc(Cl)nc(-c2ccccc2)n1. The summed E-state index contributed by atoms with van der Waals surface area (Å²) < 4.78 is 0. The lowest BCUT2D eigenvalue weighted by Crippen LogP contribution is -2.15. The Labute approximate surface area is 384 Å². The van der Waals surface area contributed by atoms with Crippen LogP contribution in [0, 0.1) is 11.8 Å². The summed E-state index contributed by atoms with van der Waals surface area (Å²) in [7, 11) is 0. The van der Waals surface area contributed by atoms with Gasteiger partial charge in [-0.25, -0.2) is 39.9 Å². The van der Waals surface area contributed by atoms with E-state index in [-0.39, 0.29) is 29.1 Å². The van der Waals surface area contributed by atoms with Crippen molar-refractivity contribution < 1.29 is 14.7 Å². The van der Waals surface area contributed by atoms with Crippen molar-refractivity contribution in [3.05, 3.63) is 180 Å². The zero-order valence-electron chi connectivity index (χ0n) is 33.8. The maximum Gasteiger partial charge on any atom is 0.274 e. The number of hydrogen-bond donors (Lipinski definition) is 3. The Morgan fingerprint density at radius 1 is 0.554 bits per heavy atom. The highest BCUT2D eigenvalue weighted by molar-refractivity contribution is 7.21. The van der Waals surface area contributed by atoms with Crippen LogP contribution in [0.5, 0.6) is 0 Å². The fourth-order valence-corrected chi connectivity index (χ4v) is 8.50. The number of carbonyl (C=O) groups is 2. The number of aliphatic hydroxyl groups is 1. The summed E-state index contributed by atoms with van der Waals surface area (Å²) in [6.07, 6.45) is 3.47. The van der Waals surface area contributed by atoms with E-state index in [1.54, 1.807) is 12.4 Å². The number of nitrogens with one attached hydrogen (secondary N) is 2. The highest BCUT2D eigenvalue weighted by Crippen LogP contribution is 2.35. The Kier molecular flexibility index (Phi) is 12.7. The van der Waals surface area contributed by atoms with Crippen LogP contribution in [-0.2, 0) is 0 Å². The molecule has 16 heteroatoms. The zero-order chi connectivity index (χ0) is 44.5. The molecule has 4 aromatic carbocycles. The Morgan fingerprint density at radius 3 is 1.54 bits per heavy atom. The van der Waals surface area contributed by atoms with Crippen LogP contribution >= 0.6 is 34.3 Å². The van der Waals surface area contributed by atoms with Gasteiger partial charge < -0.3 is 15.7 Å². The van der Waals surface area contributed by atoms with Gasteiger partial charge in [0.25, 0.3) is 11.8 Å². The molecule has 0 bridgehead atoms. The van der Waals surface area contributed by atoms with Gasteiger partial charge in [0.2, 0.25) is 0 Å². The standard InChI is InChI=1S/C26H17N5O2S.C23H14ClN5OS/c32-15-7-10-18-16-22(29-23(28-18)17-8-2-1-3-9-17)24(33)30-20-12-5-4-11-19(20)25-31-21-13-6-14-27-26(21)34-25;24-19-13-18(26-20(29-19)14-7-2-1-3-8-14)21(30)27-16-10-5-4-9-15(16)22-28-17-11-6-12-25-23(17)31-22/h1-6,8-9,11-14,16,32H,15H2,(H,30,33);1-13H,(H,27,30). The van der Waals surface area contributed by atoms with E-state index < -0.39 is 5.91 Å². The summed E-state index contributed by atoms with van der Waals surface area (Å²) in [5.41, 5.74) is 6.68. The summed E-state index contributed by atoms with van der Waals surface area (Å²) in [6.45, 7) is -0.309. The fraction of sp³-hybridized carbons (Fsp3) is 0.0204. The van der Waals surface area contributed by atoms with Gasteiger partial charge in [-0.2, -0.15) is 0 Å². The number of nitrogens with zero attached hydrogens (tertiary/aromatic N) is 8. The third-order valence-corrected chi connectivity index (χ3v) is 11.6. The molecule has 6 aromatic heterocycles. The monoisotopic (exact) mass is 906 g/mol. The molecule has 0 aliphatic heterocycles. The lowest BCUT2D eigenvalue weighted by atomic mass is 10.1. The van der Waals surface area contributed by atoms with Crippen molar-refractivity contribution in [1.29, 1.82) is 0 Å². The van der Waals surface area contributed by atoms with Gasteiger partial charge in [0, 0.05) is 46.8 Å². The number of benzene rings is 4. The van der Waals surface area contributed by atoms with Crippen LogP contribution in [0.4, 0.5) is 11.4 Å². The highest BCUT2D eigenvalue weighted by atomic mass is 35.5. The van der Waals surface area contributed by atoms with E-state index in [4.69, 9.17) is 16.7 Å². The molecule has 3 N–H and O–H groups in total. The van der Waals surface area contributed by atoms with Crippen LogP contribution in [0.15, 0.2) is 158 Å². The molecule has 65 heavy (non-hydrogen) atoms. The Bertz CT molecular complexity index is 3350. The number of fused-ring (bicyclic) bond motifs is 2. The molecular weight excluding hydrogens is 876 g/mol. The first-order chi connectivity index (χ1) is 31.9. The average Bonchev–Trinajstić information content (AvgIpc) is 3.99. The van der Waals surface area contributed by atoms with Crippen molar-refractivity contribution in [2.24, 2.45) is 0 Å². The van der Waals surface area contributed by atoms with Crippen LogP contribution < -0.4 is 10.6 Å². The normalized spacial score (nSPS) is 10.7. The Balaban J connectivity index is 0.000000165. The van der Waals surface area contributed by atoms with Gasteiger partial charge in [-0.1, -0.05) is 125 Å². The third kappa shape index (κ3) is 9.92. The van der Waals surface area contributed by atoms with E-state index >= 15 is 0 Å². The van der Waals surface area contributed by atoms with Gasteiger partial charge in [0.05, 0.1) is 11.4 Å². The number of halogens is 1. The second kappa shape index (κ2) is 19.5. The molecule has 0 saturated carbocycles. The zero-order valence-corrected chi connectivity index (χ0v) is 36.1. The van der Waals surface area contributed by atoms with Crippen molar-refractivity contribution in [3.63, 3.8) is 0 Å². The number of para-hydroxylation sites is 2. The number of anilines is 2. The lowest BCUT2D eigenvalue weighted by molar-refractivity contribution is 0.101. The predicted molar refractivity (Wildman–Crippen MR) is 256 cm³/mol. The molecule has 0 aliphatic carbocycles. The minimum absolute atomic E-state index is 0.164. The highest BCUT2D eigenvalue weighted by Gasteiger charge is 2.19. The van der Waals surface area contributed by atoms with E-state index in [1.807, 2.05) is 133 Å². The van der Waals surface area contributed by atoms with Gasteiger partial charge in [0.15, 0.2) is 11.6 Å². The lowest BCUT2D eigenvalue weighted by Gasteiger charge is -2.10. The van der Waals surface area contributed by atoms with Gasteiger partial charge in [-0.3, -0.25) is 9.59 Å². The van der Waals surface area contributed by atoms with Crippen molar-refractivity contribution in [2.45, 2.75) is 0 Å². The maximum absolute atomic E-state index is 13.3. The molecular formula is C49H31ClN10O3S2. The first-order valence-corrected chi connectivity index (χ1v) is 21.8. The molecule has 314 valence electrons. The minimum atomic E-state index is -0.404. The number of amides is 2. The number of aromatic nitrogens is 8. The van der Waals surface area contributed by atoms with Gasteiger partial charge >= 0.3 is 0 Å². The van der Waals surface area contributed by atoms with Crippen molar-refractivity contribution in [3.8, 4) is 55.8 Å². The number of rotatable bonds is 8. The first kappa shape index (κ1) is 42.2. The molecule has 0 unspecified atom stereocenters. The number of carbonyl (C=O) groups excluding carboxylic acids is 2. The fourth-order valence-electron chi connectivity index (χ4n) is 6.42. The molecule has 6 heterocycles. The Hall–Kier alpha value is -8.13. The van der Waals surface area contributed by atoms with Gasteiger partial charge in [-0.05, 0) is 54.5 Å². The van der Waals surface area contributed by atoms with E-state index in [0.29, 0.717) is 28.7 Å². The number of thiazole rings is 2. The van der Waals surface area contributed by atoms with Crippen LogP contribution in [0.3, 0.4) is 0 Å². The summed E-state index contributed by atoms with van der Waals surface area (Å²) >= 11 is 9.10. The van der Waals surface area contributed by atoms with Gasteiger partial charge in [0.1, 0.15) is 59.6 Å². The molecule has 10 rings (SSSR count). The maximum atomic E-state index is 13.3. The van der Waals surface area contributed by atoms with Crippen LogP contribution in [0.2, 0.25) is 5.15 Å². The minimum Gasteiger partial charge on any atom is -0.384 e. The summed E-state index contributed by atoms with van der Waals surface area (Å²) in [6, 6.07) is 44.2. The topological polar surface area (TPSA) is 182 Å². The molecule has 0 atom stereocenters. The smallest absolute Gasteiger partial charge is 0.274 e. The van der Waals surface area contributed by atoms with E-state index in [0.717, 1.165) is 53.0 Å². The summed E-state index contributed by atoms with van der Waals surface area (Å²) in [4.78, 5) is 63.5. The number of hydrogen-bond acceptors (Lipinski definition) is 13. The molecule has 10 aromatic rings. The largest absolute Gasteiger partial charge is 0.384 e. The quantitative estimate of drug-likeness (QED) is 0.0975. The molecule has 0 spiro atoms. The second-order valence-electron chi connectivity index (χ2n) is 13.7. The predicted octanol–water partition coefficient (Wildman–Crippen LogP) is 10.1. The van der Waals surface area contributed by atoms with Crippen molar-refractivity contribution in [1.82, 2.24) is 39.9 Å². The van der Waals surface area contributed by atoms with E-state index in [9.17, 15) is 9.59 Å². The third-order valence-electron chi connectivity index (χ3n) is 9.39. The first-order valence-electron chi connectivity index (χ1n) is 19.8. The van der Waals surface area contributed by atoms with Crippen molar-refractivity contribution >= 4 is 78.2 Å².